The summed E-state index contributed by atoms with van der Waals surface area (Å²) in [4.78, 5) is 14.8. The van der Waals surface area contributed by atoms with Gasteiger partial charge in [-0.2, -0.15) is 0 Å². The Labute approximate surface area is 160 Å². The predicted molar refractivity (Wildman–Crippen MR) is 102 cm³/mol. The lowest BCUT2D eigenvalue weighted by molar-refractivity contribution is -0.135. The van der Waals surface area contributed by atoms with Crippen LogP contribution in [0.15, 0.2) is 30.3 Å². The lowest BCUT2D eigenvalue weighted by atomic mass is 10.1. The van der Waals surface area contributed by atoms with Gasteiger partial charge in [0.05, 0.1) is 0 Å². The van der Waals surface area contributed by atoms with Crippen molar-refractivity contribution in [3.05, 3.63) is 47.5 Å². The molecule has 1 aromatic carbocycles. The number of nitrogens with two attached hydrogens (primary N) is 1. The Bertz CT molecular complexity index is 748. The Morgan fingerprint density at radius 2 is 1.92 bits per heavy atom. The van der Waals surface area contributed by atoms with Crippen LogP contribution in [0.2, 0.25) is 0 Å². The molecule has 0 radical (unpaired) electrons. The van der Waals surface area contributed by atoms with Crippen molar-refractivity contribution in [2.45, 2.75) is 44.7 Å². The summed E-state index contributed by atoms with van der Waals surface area (Å²) in [5.41, 5.74) is 7.21. The molecule has 2 atom stereocenters. The molecule has 26 heavy (non-hydrogen) atoms. The average Bonchev–Trinajstić information content (AvgIpc) is 3.16. The third-order valence-corrected chi connectivity index (χ3v) is 5.44. The van der Waals surface area contributed by atoms with Crippen molar-refractivity contribution in [1.29, 1.82) is 0 Å². The zero-order chi connectivity index (χ0) is 17.2. The highest BCUT2D eigenvalue weighted by atomic mass is 35.5. The summed E-state index contributed by atoms with van der Waals surface area (Å²) in [5.74, 6) is 2.36. The van der Waals surface area contributed by atoms with Gasteiger partial charge in [0.15, 0.2) is 0 Å². The number of aromatic nitrogens is 3. The highest BCUT2D eigenvalue weighted by molar-refractivity contribution is 5.85. The predicted octanol–water partition coefficient (Wildman–Crippen LogP) is 1.80. The van der Waals surface area contributed by atoms with E-state index in [0.29, 0.717) is 0 Å². The Kier molecular flexibility index (Phi) is 5.94. The lowest BCUT2D eigenvalue weighted by Gasteiger charge is -2.23. The number of halogens is 1. The number of benzene rings is 1. The van der Waals surface area contributed by atoms with Crippen molar-refractivity contribution < 1.29 is 4.79 Å². The molecule has 1 saturated carbocycles. The summed E-state index contributed by atoms with van der Waals surface area (Å²) in [7, 11) is 0. The van der Waals surface area contributed by atoms with Crippen LogP contribution in [0.5, 0.6) is 0 Å². The number of rotatable bonds is 3. The fraction of sp³-hybridized carbons (Fsp3) is 0.526. The summed E-state index contributed by atoms with van der Waals surface area (Å²) in [6.45, 7) is 2.24. The number of carbonyl (C=O) groups is 1. The first kappa shape index (κ1) is 18.9. The molecule has 2 N–H and O–H groups in total. The zero-order valence-electron chi connectivity index (χ0n) is 14.9. The van der Waals surface area contributed by atoms with Gasteiger partial charge in [0.2, 0.25) is 5.91 Å². The monoisotopic (exact) mass is 375 g/mol. The van der Waals surface area contributed by atoms with Crippen LogP contribution in [0.3, 0.4) is 0 Å². The van der Waals surface area contributed by atoms with Crippen LogP contribution in [-0.2, 0) is 24.2 Å². The average molecular weight is 376 g/mol. The van der Waals surface area contributed by atoms with Crippen molar-refractivity contribution in [2.24, 2.45) is 11.7 Å². The fourth-order valence-electron chi connectivity index (χ4n) is 4.01. The van der Waals surface area contributed by atoms with E-state index in [1.165, 1.54) is 5.56 Å². The molecule has 0 saturated heterocycles. The van der Waals surface area contributed by atoms with E-state index in [0.717, 1.165) is 63.4 Å². The fourth-order valence-corrected chi connectivity index (χ4v) is 4.01. The Balaban J connectivity index is 0.00000196. The number of amides is 1. The minimum Gasteiger partial charge on any atom is -0.340 e. The van der Waals surface area contributed by atoms with E-state index in [4.69, 9.17) is 5.73 Å². The molecule has 0 bridgehead atoms. The Morgan fingerprint density at radius 3 is 2.65 bits per heavy atom. The molecule has 1 aromatic heterocycles. The molecule has 4 rings (SSSR count). The SMILES string of the molecule is Cl.N[C@@H]1CC[C@H](C(=O)N2CCc3nnc(Cc4ccccc4)n3CC2)C1. The van der Waals surface area contributed by atoms with E-state index in [1.54, 1.807) is 0 Å². The van der Waals surface area contributed by atoms with Crippen molar-refractivity contribution in [2.75, 3.05) is 13.1 Å². The molecule has 140 valence electrons. The standard InChI is InChI=1S/C19H25N5O.ClH/c20-16-7-6-15(13-16)19(25)23-9-8-17-21-22-18(24(17)11-10-23)12-14-4-2-1-3-5-14;/h1-5,15-16H,6-13,20H2;1H/t15-,16+;/m0./s1. The third-order valence-electron chi connectivity index (χ3n) is 5.44. The van der Waals surface area contributed by atoms with Crippen LogP contribution in [0.4, 0.5) is 0 Å². The van der Waals surface area contributed by atoms with E-state index >= 15 is 0 Å². The molecule has 6 nitrogen and oxygen atoms in total. The Morgan fingerprint density at radius 1 is 1.12 bits per heavy atom. The smallest absolute Gasteiger partial charge is 0.225 e. The summed E-state index contributed by atoms with van der Waals surface area (Å²) in [5, 5.41) is 8.76. The molecule has 1 amide bonds. The van der Waals surface area contributed by atoms with E-state index in [1.807, 2.05) is 23.1 Å². The normalized spacial score (nSPS) is 22.4. The first-order chi connectivity index (χ1) is 12.2. The summed E-state index contributed by atoms with van der Waals surface area (Å²) >= 11 is 0. The van der Waals surface area contributed by atoms with Crippen LogP contribution in [0.1, 0.15) is 36.5 Å². The van der Waals surface area contributed by atoms with Gasteiger partial charge in [-0.1, -0.05) is 30.3 Å². The molecule has 1 fully saturated rings. The van der Waals surface area contributed by atoms with Gasteiger partial charge < -0.3 is 15.2 Å². The van der Waals surface area contributed by atoms with Crippen LogP contribution in [-0.4, -0.2) is 44.7 Å². The maximum absolute atomic E-state index is 12.8. The maximum atomic E-state index is 12.8. The quantitative estimate of drug-likeness (QED) is 0.887. The van der Waals surface area contributed by atoms with E-state index in [-0.39, 0.29) is 30.3 Å². The van der Waals surface area contributed by atoms with Gasteiger partial charge in [-0.15, -0.1) is 22.6 Å². The minimum absolute atomic E-state index is 0. The summed E-state index contributed by atoms with van der Waals surface area (Å²) < 4.78 is 2.20. The molecule has 1 aliphatic carbocycles. The summed E-state index contributed by atoms with van der Waals surface area (Å²) in [6, 6.07) is 10.5. The molecule has 2 heterocycles. The van der Waals surface area contributed by atoms with Gasteiger partial charge in [0, 0.05) is 44.4 Å². The summed E-state index contributed by atoms with van der Waals surface area (Å²) in [6.07, 6.45) is 4.28. The topological polar surface area (TPSA) is 77.0 Å². The van der Waals surface area contributed by atoms with E-state index < -0.39 is 0 Å². The minimum atomic E-state index is 0. The largest absolute Gasteiger partial charge is 0.340 e. The van der Waals surface area contributed by atoms with Crippen molar-refractivity contribution in [3.63, 3.8) is 0 Å². The second-order valence-electron chi connectivity index (χ2n) is 7.19. The molecular formula is C19H26ClN5O. The highest BCUT2D eigenvalue weighted by Gasteiger charge is 2.32. The van der Waals surface area contributed by atoms with Crippen molar-refractivity contribution in [3.8, 4) is 0 Å². The first-order valence-corrected chi connectivity index (χ1v) is 9.20. The van der Waals surface area contributed by atoms with Gasteiger partial charge in [0.25, 0.3) is 0 Å². The highest BCUT2D eigenvalue weighted by Crippen LogP contribution is 2.26. The second-order valence-corrected chi connectivity index (χ2v) is 7.19. The van der Waals surface area contributed by atoms with Gasteiger partial charge in [-0.25, -0.2) is 0 Å². The Hall–Kier alpha value is -1.92. The molecule has 0 spiro atoms. The van der Waals surface area contributed by atoms with Crippen LogP contribution in [0.25, 0.3) is 0 Å². The first-order valence-electron chi connectivity index (χ1n) is 9.20. The molecule has 7 heteroatoms. The van der Waals surface area contributed by atoms with Gasteiger partial charge in [-0.3, -0.25) is 4.79 Å². The number of hydrogen-bond donors (Lipinski definition) is 1. The van der Waals surface area contributed by atoms with Crippen LogP contribution in [0, 0.1) is 5.92 Å². The molecule has 2 aliphatic rings. The number of hydrogen-bond acceptors (Lipinski definition) is 4. The van der Waals surface area contributed by atoms with Gasteiger partial charge in [-0.05, 0) is 24.8 Å². The van der Waals surface area contributed by atoms with Crippen molar-refractivity contribution >= 4 is 18.3 Å². The third kappa shape index (κ3) is 3.91. The van der Waals surface area contributed by atoms with Gasteiger partial charge in [0.1, 0.15) is 11.6 Å². The molecule has 0 unspecified atom stereocenters. The lowest BCUT2D eigenvalue weighted by Crippen LogP contribution is -2.38. The van der Waals surface area contributed by atoms with Gasteiger partial charge >= 0.3 is 0 Å². The van der Waals surface area contributed by atoms with Crippen LogP contribution < -0.4 is 5.73 Å². The number of carbonyl (C=O) groups excluding carboxylic acids is 1. The second kappa shape index (κ2) is 8.18. The number of fused-ring (bicyclic) bond motifs is 1. The molecular weight excluding hydrogens is 350 g/mol. The van der Waals surface area contributed by atoms with Crippen molar-refractivity contribution in [1.82, 2.24) is 19.7 Å². The van der Waals surface area contributed by atoms with Crippen LogP contribution >= 0.6 is 12.4 Å². The van der Waals surface area contributed by atoms with E-state index in [9.17, 15) is 4.79 Å². The molecule has 1 aliphatic heterocycles. The zero-order valence-corrected chi connectivity index (χ0v) is 15.7. The molecule has 2 aromatic rings. The maximum Gasteiger partial charge on any atom is 0.225 e. The van der Waals surface area contributed by atoms with E-state index in [2.05, 4.69) is 26.9 Å². The number of nitrogens with zero attached hydrogens (tertiary/aromatic N) is 4.